The summed E-state index contributed by atoms with van der Waals surface area (Å²) in [6, 6.07) is 8.25. The summed E-state index contributed by atoms with van der Waals surface area (Å²) in [5.74, 6) is -1.86. The number of carbonyl (C=O) groups is 3. The Morgan fingerprint density at radius 2 is 1.95 bits per heavy atom. The number of nitrogens with zero attached hydrogens (tertiary/aromatic N) is 1. The maximum atomic E-state index is 12.6. The topological polar surface area (TPSA) is 86.7 Å². The molecule has 1 aliphatic heterocycles. The Labute approximate surface area is 128 Å². The monoisotopic (exact) mass is 302 g/mol. The van der Waals surface area contributed by atoms with Crippen molar-refractivity contribution in [1.29, 1.82) is 0 Å². The molecule has 2 N–H and O–H groups in total. The zero-order valence-electron chi connectivity index (χ0n) is 12.3. The molecule has 22 heavy (non-hydrogen) atoms. The van der Waals surface area contributed by atoms with E-state index in [1.807, 2.05) is 18.2 Å². The van der Waals surface area contributed by atoms with E-state index in [0.717, 1.165) is 5.56 Å². The highest BCUT2D eigenvalue weighted by Crippen LogP contribution is 2.20. The second-order valence-electron chi connectivity index (χ2n) is 5.14. The summed E-state index contributed by atoms with van der Waals surface area (Å²) in [6.45, 7) is 1.69. The second kappa shape index (κ2) is 6.89. The van der Waals surface area contributed by atoms with Gasteiger partial charge in [-0.3, -0.25) is 9.59 Å². The number of likely N-dealkylation sites (tertiary alicyclic amines) is 1. The first-order valence-electron chi connectivity index (χ1n) is 7.07. The van der Waals surface area contributed by atoms with Crippen LogP contribution in [0.2, 0.25) is 0 Å². The Balaban J connectivity index is 2.29. The van der Waals surface area contributed by atoms with Gasteiger partial charge in [-0.25, -0.2) is 4.79 Å². The van der Waals surface area contributed by atoms with Crippen LogP contribution in [0.3, 0.4) is 0 Å². The molecule has 1 fully saturated rings. The van der Waals surface area contributed by atoms with E-state index in [0.29, 0.717) is 19.4 Å². The first kappa shape index (κ1) is 15.8. The molecule has 2 rings (SSSR count). The lowest BCUT2D eigenvalue weighted by atomic mass is 10.1. The van der Waals surface area contributed by atoms with E-state index < -0.39 is 17.9 Å². The minimum Gasteiger partial charge on any atom is -0.480 e. The molecule has 0 spiro atoms. The third-order valence-corrected chi connectivity index (χ3v) is 3.45. The molecule has 6 heteroatoms. The van der Waals surface area contributed by atoms with E-state index in [1.165, 1.54) is 11.8 Å². The van der Waals surface area contributed by atoms with Gasteiger partial charge < -0.3 is 15.3 Å². The van der Waals surface area contributed by atoms with E-state index in [1.54, 1.807) is 18.2 Å². The molecule has 1 heterocycles. The van der Waals surface area contributed by atoms with Crippen molar-refractivity contribution in [2.45, 2.75) is 25.8 Å². The summed E-state index contributed by atoms with van der Waals surface area (Å²) in [4.78, 5) is 36.4. The van der Waals surface area contributed by atoms with Gasteiger partial charge in [0.05, 0.1) is 0 Å². The van der Waals surface area contributed by atoms with E-state index in [2.05, 4.69) is 5.32 Å². The third-order valence-electron chi connectivity index (χ3n) is 3.45. The van der Waals surface area contributed by atoms with Gasteiger partial charge in [-0.2, -0.15) is 0 Å². The van der Waals surface area contributed by atoms with Crippen molar-refractivity contribution < 1.29 is 19.5 Å². The quantitative estimate of drug-likeness (QED) is 0.819. The molecule has 0 aliphatic carbocycles. The number of rotatable bonds is 4. The first-order chi connectivity index (χ1) is 10.5. The normalized spacial score (nSPS) is 18.1. The Bertz CT molecular complexity index is 610. The molecule has 6 nitrogen and oxygen atoms in total. The number of aliphatic carboxylic acids is 1. The highest BCUT2D eigenvalue weighted by Gasteiger charge is 2.35. The number of carbonyl (C=O) groups excluding carboxylic acids is 2. The average Bonchev–Trinajstić information content (AvgIpc) is 2.96. The van der Waals surface area contributed by atoms with Crippen LogP contribution in [0, 0.1) is 0 Å². The highest BCUT2D eigenvalue weighted by molar-refractivity contribution is 6.02. The molecule has 1 aliphatic rings. The lowest BCUT2D eigenvalue weighted by molar-refractivity contribution is -0.147. The lowest BCUT2D eigenvalue weighted by Gasteiger charge is -2.23. The Kier molecular flexibility index (Phi) is 4.93. The average molecular weight is 302 g/mol. The van der Waals surface area contributed by atoms with Gasteiger partial charge in [0.1, 0.15) is 11.7 Å². The van der Waals surface area contributed by atoms with E-state index in [9.17, 15) is 19.5 Å². The minimum absolute atomic E-state index is 0.0897. The molecule has 0 bridgehead atoms. The van der Waals surface area contributed by atoms with Crippen LogP contribution in [0.4, 0.5) is 0 Å². The number of nitrogens with one attached hydrogen (secondary N) is 1. The molecule has 1 aromatic rings. The van der Waals surface area contributed by atoms with Crippen LogP contribution in [-0.4, -0.2) is 40.4 Å². The van der Waals surface area contributed by atoms with Crippen LogP contribution in [0.5, 0.6) is 0 Å². The molecular formula is C16H18N2O4. The number of carboxylic acid groups (broad SMARTS) is 1. The number of amides is 2. The van der Waals surface area contributed by atoms with Gasteiger partial charge in [0.25, 0.3) is 5.91 Å². The zero-order chi connectivity index (χ0) is 16.1. The van der Waals surface area contributed by atoms with Crippen LogP contribution in [0.15, 0.2) is 36.0 Å². The standard InChI is InChI=1S/C16H18N2O4/c1-11(19)17-13(10-12-6-3-2-4-7-12)15(20)18-9-5-8-14(18)16(21)22/h2-4,6-7,10,14H,5,8-9H2,1H3,(H,17,19)(H,21,22)/b13-10+/t14-/m1/s1. The molecule has 0 saturated carbocycles. The lowest BCUT2D eigenvalue weighted by Crippen LogP contribution is -2.44. The van der Waals surface area contributed by atoms with Crippen molar-refractivity contribution >= 4 is 23.9 Å². The zero-order valence-corrected chi connectivity index (χ0v) is 12.3. The predicted octanol–water partition coefficient (Wildman–Crippen LogP) is 1.24. The molecule has 0 aromatic heterocycles. The molecule has 0 unspecified atom stereocenters. The molecule has 1 atom stereocenters. The van der Waals surface area contributed by atoms with E-state index in [-0.39, 0.29) is 11.6 Å². The second-order valence-corrected chi connectivity index (χ2v) is 5.14. The molecule has 1 aromatic carbocycles. The Morgan fingerprint density at radius 3 is 2.55 bits per heavy atom. The smallest absolute Gasteiger partial charge is 0.326 e. The molecule has 116 valence electrons. The number of benzene rings is 1. The van der Waals surface area contributed by atoms with Crippen molar-refractivity contribution in [3.05, 3.63) is 41.6 Å². The van der Waals surface area contributed by atoms with Crippen LogP contribution in [0.1, 0.15) is 25.3 Å². The SMILES string of the molecule is CC(=O)N/C(=C/c1ccccc1)C(=O)N1CCC[C@@H]1C(=O)O. The van der Waals surface area contributed by atoms with Crippen LogP contribution in [0.25, 0.3) is 6.08 Å². The summed E-state index contributed by atoms with van der Waals surface area (Å²) >= 11 is 0. The fraction of sp³-hybridized carbons (Fsp3) is 0.312. The maximum Gasteiger partial charge on any atom is 0.326 e. The van der Waals surface area contributed by atoms with Gasteiger partial charge in [0, 0.05) is 13.5 Å². The van der Waals surface area contributed by atoms with Crippen LogP contribution in [-0.2, 0) is 14.4 Å². The van der Waals surface area contributed by atoms with Crippen molar-refractivity contribution in [2.75, 3.05) is 6.54 Å². The van der Waals surface area contributed by atoms with Crippen LogP contribution < -0.4 is 5.32 Å². The van der Waals surface area contributed by atoms with Crippen molar-refractivity contribution in [3.8, 4) is 0 Å². The van der Waals surface area contributed by atoms with Crippen molar-refractivity contribution in [3.63, 3.8) is 0 Å². The van der Waals surface area contributed by atoms with Gasteiger partial charge in [0.15, 0.2) is 0 Å². The summed E-state index contributed by atoms with van der Waals surface area (Å²) in [7, 11) is 0. The van der Waals surface area contributed by atoms with E-state index in [4.69, 9.17) is 0 Å². The van der Waals surface area contributed by atoms with Crippen LogP contribution >= 0.6 is 0 Å². The van der Waals surface area contributed by atoms with Crippen molar-refractivity contribution in [1.82, 2.24) is 10.2 Å². The number of carboxylic acids is 1. The third kappa shape index (κ3) is 3.72. The van der Waals surface area contributed by atoms with Gasteiger partial charge in [-0.05, 0) is 24.5 Å². The largest absolute Gasteiger partial charge is 0.480 e. The summed E-state index contributed by atoms with van der Waals surface area (Å²) in [5.41, 5.74) is 0.845. The highest BCUT2D eigenvalue weighted by atomic mass is 16.4. The first-order valence-corrected chi connectivity index (χ1v) is 7.07. The Morgan fingerprint density at radius 1 is 1.27 bits per heavy atom. The molecule has 1 saturated heterocycles. The summed E-state index contributed by atoms with van der Waals surface area (Å²) in [6.07, 6.45) is 2.63. The predicted molar refractivity (Wildman–Crippen MR) is 80.6 cm³/mol. The fourth-order valence-corrected chi connectivity index (χ4v) is 2.48. The van der Waals surface area contributed by atoms with Gasteiger partial charge in [0.2, 0.25) is 5.91 Å². The van der Waals surface area contributed by atoms with Gasteiger partial charge in [-0.15, -0.1) is 0 Å². The molecule has 2 amide bonds. The van der Waals surface area contributed by atoms with E-state index >= 15 is 0 Å². The number of hydrogen-bond donors (Lipinski definition) is 2. The molecule has 0 radical (unpaired) electrons. The number of hydrogen-bond acceptors (Lipinski definition) is 3. The van der Waals surface area contributed by atoms with Gasteiger partial charge in [-0.1, -0.05) is 30.3 Å². The minimum atomic E-state index is -1.02. The fourth-order valence-electron chi connectivity index (χ4n) is 2.48. The maximum absolute atomic E-state index is 12.6. The van der Waals surface area contributed by atoms with Crippen molar-refractivity contribution in [2.24, 2.45) is 0 Å². The summed E-state index contributed by atoms with van der Waals surface area (Å²) < 4.78 is 0. The Hall–Kier alpha value is -2.63. The summed E-state index contributed by atoms with van der Waals surface area (Å²) in [5, 5.41) is 11.7. The molecular weight excluding hydrogens is 284 g/mol. The van der Waals surface area contributed by atoms with Gasteiger partial charge >= 0.3 is 5.97 Å².